The summed E-state index contributed by atoms with van der Waals surface area (Å²) in [5.74, 6) is 0.672. The van der Waals surface area contributed by atoms with Crippen molar-refractivity contribution in [1.82, 2.24) is 14.5 Å². The Balaban J connectivity index is 1.78. The molecule has 0 saturated carbocycles. The summed E-state index contributed by atoms with van der Waals surface area (Å²) in [6.45, 7) is 0. The molecule has 0 amide bonds. The highest BCUT2D eigenvalue weighted by atomic mass is 79.9. The van der Waals surface area contributed by atoms with E-state index in [0.717, 1.165) is 37.7 Å². The van der Waals surface area contributed by atoms with Crippen LogP contribution in [-0.4, -0.2) is 14.5 Å². The van der Waals surface area contributed by atoms with E-state index in [4.69, 9.17) is 9.97 Å². The average Bonchev–Trinajstić information content (AvgIpc) is 3.15. The standard InChI is InChI=1S/C26H16BrN3/c27-21-14-8-13-19-18-11-5-7-16-23(18)30(25(19)21)26-28-22-15-6-4-12-20(22)24(29-26)17-9-2-1-3-10-17/h1-16H. The van der Waals surface area contributed by atoms with Crippen LogP contribution in [0.25, 0.3) is 49.9 Å². The van der Waals surface area contributed by atoms with Gasteiger partial charge in [0.15, 0.2) is 0 Å². The van der Waals surface area contributed by atoms with Crippen LogP contribution in [0.2, 0.25) is 0 Å². The number of para-hydroxylation sites is 3. The molecular weight excluding hydrogens is 434 g/mol. The monoisotopic (exact) mass is 449 g/mol. The minimum Gasteiger partial charge on any atom is -0.277 e. The molecule has 0 aliphatic heterocycles. The first-order valence-electron chi connectivity index (χ1n) is 9.81. The second-order valence-corrected chi connectivity index (χ2v) is 8.10. The molecule has 0 aliphatic carbocycles. The van der Waals surface area contributed by atoms with Crippen LogP contribution in [0, 0.1) is 0 Å². The van der Waals surface area contributed by atoms with E-state index in [1.807, 2.05) is 30.3 Å². The summed E-state index contributed by atoms with van der Waals surface area (Å²) in [4.78, 5) is 10.1. The highest BCUT2D eigenvalue weighted by Crippen LogP contribution is 2.36. The molecule has 0 fully saturated rings. The topological polar surface area (TPSA) is 30.7 Å². The number of rotatable bonds is 2. The van der Waals surface area contributed by atoms with Gasteiger partial charge in [0.25, 0.3) is 0 Å². The summed E-state index contributed by atoms with van der Waals surface area (Å²) in [6, 6.07) is 33.2. The molecule has 4 aromatic carbocycles. The van der Waals surface area contributed by atoms with Gasteiger partial charge in [-0.05, 0) is 34.1 Å². The SMILES string of the molecule is Brc1cccc2c3ccccc3n(-c3nc(-c4ccccc4)c4ccccc4n3)c12. The van der Waals surface area contributed by atoms with E-state index >= 15 is 0 Å². The number of nitrogens with zero attached hydrogens (tertiary/aromatic N) is 3. The molecule has 0 aliphatic rings. The van der Waals surface area contributed by atoms with Crippen LogP contribution in [0.1, 0.15) is 0 Å². The molecule has 0 bridgehead atoms. The molecule has 142 valence electrons. The summed E-state index contributed by atoms with van der Waals surface area (Å²) < 4.78 is 3.18. The van der Waals surface area contributed by atoms with Gasteiger partial charge in [-0.15, -0.1) is 0 Å². The Morgan fingerprint density at radius 1 is 0.600 bits per heavy atom. The van der Waals surface area contributed by atoms with Crippen molar-refractivity contribution >= 4 is 48.6 Å². The lowest BCUT2D eigenvalue weighted by Gasteiger charge is -2.12. The first-order chi connectivity index (χ1) is 14.8. The van der Waals surface area contributed by atoms with Crippen molar-refractivity contribution in [3.8, 4) is 17.2 Å². The summed E-state index contributed by atoms with van der Waals surface area (Å²) in [5.41, 5.74) is 5.12. The summed E-state index contributed by atoms with van der Waals surface area (Å²) in [6.07, 6.45) is 0. The number of aromatic nitrogens is 3. The summed E-state index contributed by atoms with van der Waals surface area (Å²) in [7, 11) is 0. The average molecular weight is 450 g/mol. The van der Waals surface area contributed by atoms with Gasteiger partial charge in [-0.1, -0.05) is 78.9 Å². The molecule has 2 heterocycles. The van der Waals surface area contributed by atoms with E-state index in [0.29, 0.717) is 5.95 Å². The van der Waals surface area contributed by atoms with Crippen molar-refractivity contribution in [2.24, 2.45) is 0 Å². The van der Waals surface area contributed by atoms with Crippen LogP contribution in [0.5, 0.6) is 0 Å². The molecule has 2 aromatic heterocycles. The van der Waals surface area contributed by atoms with Crippen molar-refractivity contribution < 1.29 is 0 Å². The van der Waals surface area contributed by atoms with Gasteiger partial charge in [0.2, 0.25) is 5.95 Å². The van der Waals surface area contributed by atoms with Crippen LogP contribution in [0.3, 0.4) is 0 Å². The Labute approximate surface area is 181 Å². The largest absolute Gasteiger partial charge is 0.277 e. The van der Waals surface area contributed by atoms with Crippen LogP contribution >= 0.6 is 15.9 Å². The quantitative estimate of drug-likeness (QED) is 0.280. The maximum atomic E-state index is 5.09. The summed E-state index contributed by atoms with van der Waals surface area (Å²) >= 11 is 3.76. The van der Waals surface area contributed by atoms with E-state index in [-0.39, 0.29) is 0 Å². The van der Waals surface area contributed by atoms with Gasteiger partial charge in [0.05, 0.1) is 22.2 Å². The molecular formula is C26H16BrN3. The first kappa shape index (κ1) is 17.4. The predicted octanol–water partition coefficient (Wildman–Crippen LogP) is 7.16. The Bertz CT molecular complexity index is 1550. The number of fused-ring (bicyclic) bond motifs is 4. The lowest BCUT2D eigenvalue weighted by molar-refractivity contribution is 1.01. The van der Waals surface area contributed by atoms with Crippen LogP contribution < -0.4 is 0 Å². The number of hydrogen-bond donors (Lipinski definition) is 0. The Hall–Kier alpha value is -3.50. The third-order valence-corrected chi connectivity index (χ3v) is 6.12. The maximum absolute atomic E-state index is 5.09. The zero-order valence-electron chi connectivity index (χ0n) is 16.0. The van der Waals surface area contributed by atoms with Gasteiger partial charge in [-0.25, -0.2) is 9.97 Å². The van der Waals surface area contributed by atoms with Gasteiger partial charge in [0.1, 0.15) is 0 Å². The fraction of sp³-hybridized carbons (Fsp3) is 0. The van der Waals surface area contributed by atoms with Crippen LogP contribution in [-0.2, 0) is 0 Å². The van der Waals surface area contributed by atoms with Crippen molar-refractivity contribution in [3.63, 3.8) is 0 Å². The predicted molar refractivity (Wildman–Crippen MR) is 127 cm³/mol. The molecule has 30 heavy (non-hydrogen) atoms. The molecule has 0 atom stereocenters. The second-order valence-electron chi connectivity index (χ2n) is 7.24. The third kappa shape index (κ3) is 2.57. The first-order valence-corrected chi connectivity index (χ1v) is 10.6. The minimum atomic E-state index is 0.672. The van der Waals surface area contributed by atoms with Crippen molar-refractivity contribution in [1.29, 1.82) is 0 Å². The van der Waals surface area contributed by atoms with Crippen molar-refractivity contribution in [3.05, 3.63) is 102 Å². The lowest BCUT2D eigenvalue weighted by Crippen LogP contribution is -2.03. The zero-order chi connectivity index (χ0) is 20.1. The number of benzene rings is 4. The van der Waals surface area contributed by atoms with E-state index < -0.39 is 0 Å². The fourth-order valence-corrected chi connectivity index (χ4v) is 4.71. The third-order valence-electron chi connectivity index (χ3n) is 5.48. The highest BCUT2D eigenvalue weighted by molar-refractivity contribution is 9.10. The van der Waals surface area contributed by atoms with Crippen molar-refractivity contribution in [2.75, 3.05) is 0 Å². The minimum absolute atomic E-state index is 0.672. The van der Waals surface area contributed by atoms with Gasteiger partial charge >= 0.3 is 0 Å². The van der Waals surface area contributed by atoms with Gasteiger partial charge in [-0.2, -0.15) is 0 Å². The number of hydrogen-bond acceptors (Lipinski definition) is 2. The van der Waals surface area contributed by atoms with Crippen molar-refractivity contribution in [2.45, 2.75) is 0 Å². The number of halogens is 1. The molecule has 0 N–H and O–H groups in total. The van der Waals surface area contributed by atoms with E-state index in [2.05, 4.69) is 87.2 Å². The zero-order valence-corrected chi connectivity index (χ0v) is 17.5. The highest BCUT2D eigenvalue weighted by Gasteiger charge is 2.18. The smallest absolute Gasteiger partial charge is 0.235 e. The second kappa shape index (κ2) is 6.78. The van der Waals surface area contributed by atoms with Gasteiger partial charge in [-0.3, -0.25) is 4.57 Å². The molecule has 3 nitrogen and oxygen atoms in total. The molecule has 6 rings (SSSR count). The molecule has 0 spiro atoms. The normalized spacial score (nSPS) is 11.5. The fourth-order valence-electron chi connectivity index (χ4n) is 4.16. The van der Waals surface area contributed by atoms with Gasteiger partial charge in [0, 0.05) is 26.2 Å². The Kier molecular flexibility index (Phi) is 3.93. The maximum Gasteiger partial charge on any atom is 0.235 e. The Morgan fingerprint density at radius 2 is 1.30 bits per heavy atom. The van der Waals surface area contributed by atoms with Gasteiger partial charge < -0.3 is 0 Å². The van der Waals surface area contributed by atoms with Crippen LogP contribution in [0.4, 0.5) is 0 Å². The molecule has 6 aromatic rings. The molecule has 0 unspecified atom stereocenters. The molecule has 0 radical (unpaired) electrons. The van der Waals surface area contributed by atoms with Crippen LogP contribution in [0.15, 0.2) is 102 Å². The molecule has 4 heteroatoms. The lowest BCUT2D eigenvalue weighted by atomic mass is 10.1. The molecule has 0 saturated heterocycles. The Morgan fingerprint density at radius 3 is 2.17 bits per heavy atom. The van der Waals surface area contributed by atoms with E-state index in [1.165, 1.54) is 10.8 Å². The summed E-state index contributed by atoms with van der Waals surface area (Å²) in [5, 5.41) is 3.41. The van der Waals surface area contributed by atoms with E-state index in [9.17, 15) is 0 Å². The van der Waals surface area contributed by atoms with E-state index in [1.54, 1.807) is 0 Å².